The first-order valence-electron chi connectivity index (χ1n) is 19.1. The molecule has 0 aliphatic carbocycles. The molecule has 53 heavy (non-hydrogen) atoms. The van der Waals surface area contributed by atoms with Gasteiger partial charge >= 0.3 is 5.97 Å². The highest BCUT2D eigenvalue weighted by atomic mass is 16.5. The second-order valence-corrected chi connectivity index (χ2v) is 14.3. The summed E-state index contributed by atoms with van der Waals surface area (Å²) in [5.41, 5.74) is 1.15. The van der Waals surface area contributed by atoms with Crippen LogP contribution >= 0.6 is 0 Å². The van der Waals surface area contributed by atoms with Crippen LogP contribution in [0.4, 0.5) is 11.4 Å². The number of aliphatic hydroxyl groups excluding tert-OH is 1. The third-order valence-electron chi connectivity index (χ3n) is 11.5. The fourth-order valence-electron chi connectivity index (χ4n) is 8.52. The predicted molar refractivity (Wildman–Crippen MR) is 205 cm³/mol. The standard InChI is InChI=1S/C42H56N4O7/c1-7-12-18-35(48)52-27-32(29-16-14-13-15-17-29)43-39(49)36-34-23-24-42(53-34)37(36)40(50)46(33(26-47)28(6)9-3)38(42)41(51)45(25-8-2)31-21-19-30(20-22-31)44(10-4)11-5/h7-8,13-17,19-22,28,32-34,36-38,47H,1-2,9-12,18,23-27H2,3-6H3,(H,43,49)/t28-,32+,33-,34-,36+,37+,38-,42+/m0/s1. The Balaban J connectivity index is 1.51. The molecule has 11 heteroatoms. The molecule has 0 saturated carbocycles. The van der Waals surface area contributed by atoms with Gasteiger partial charge in [-0.3, -0.25) is 19.2 Å². The second kappa shape index (κ2) is 17.6. The maximum Gasteiger partial charge on any atom is 0.306 e. The molecule has 3 heterocycles. The van der Waals surface area contributed by atoms with Gasteiger partial charge in [-0.05, 0) is 68.9 Å². The average Bonchev–Trinajstić information content (AvgIpc) is 3.83. The van der Waals surface area contributed by atoms with Gasteiger partial charge in [0, 0.05) is 37.4 Å². The van der Waals surface area contributed by atoms with E-state index in [1.807, 2.05) is 68.4 Å². The van der Waals surface area contributed by atoms with Gasteiger partial charge < -0.3 is 34.6 Å². The fraction of sp³-hybridized carbons (Fsp3) is 0.524. The molecule has 3 aliphatic rings. The minimum Gasteiger partial charge on any atom is -0.463 e. The lowest BCUT2D eigenvalue weighted by Crippen LogP contribution is -2.60. The van der Waals surface area contributed by atoms with Gasteiger partial charge in [-0.25, -0.2) is 0 Å². The molecule has 3 amide bonds. The van der Waals surface area contributed by atoms with Crippen molar-refractivity contribution in [3.63, 3.8) is 0 Å². The van der Waals surface area contributed by atoms with E-state index in [0.717, 1.165) is 24.3 Å². The lowest BCUT2D eigenvalue weighted by Gasteiger charge is -2.41. The first-order valence-corrected chi connectivity index (χ1v) is 19.1. The van der Waals surface area contributed by atoms with E-state index < -0.39 is 53.5 Å². The van der Waals surface area contributed by atoms with E-state index in [9.17, 15) is 19.5 Å². The van der Waals surface area contributed by atoms with Crippen LogP contribution in [0.1, 0.15) is 71.4 Å². The van der Waals surface area contributed by atoms with Crippen molar-refractivity contribution < 1.29 is 33.8 Å². The number of carbonyl (C=O) groups excluding carboxylic acids is 4. The molecule has 0 radical (unpaired) electrons. The molecule has 0 unspecified atom stereocenters. The van der Waals surface area contributed by atoms with Crippen molar-refractivity contribution in [1.29, 1.82) is 0 Å². The van der Waals surface area contributed by atoms with Crippen LogP contribution in [0.25, 0.3) is 0 Å². The number of carbonyl (C=O) groups is 4. The number of aliphatic hydroxyl groups is 1. The summed E-state index contributed by atoms with van der Waals surface area (Å²) in [5, 5.41) is 13.9. The maximum atomic E-state index is 15.1. The van der Waals surface area contributed by atoms with E-state index in [1.165, 1.54) is 0 Å². The van der Waals surface area contributed by atoms with Crippen LogP contribution in [0, 0.1) is 17.8 Å². The third-order valence-corrected chi connectivity index (χ3v) is 11.5. The van der Waals surface area contributed by atoms with Crippen molar-refractivity contribution in [3.8, 4) is 0 Å². The Morgan fingerprint density at radius 3 is 2.34 bits per heavy atom. The number of nitrogens with one attached hydrogen (secondary N) is 1. The van der Waals surface area contributed by atoms with Crippen LogP contribution in [0.2, 0.25) is 0 Å². The number of hydrogen-bond donors (Lipinski definition) is 2. The minimum absolute atomic E-state index is 0.0921. The van der Waals surface area contributed by atoms with Gasteiger partial charge in [0.15, 0.2) is 0 Å². The van der Waals surface area contributed by atoms with E-state index in [0.29, 0.717) is 31.4 Å². The van der Waals surface area contributed by atoms with Crippen molar-refractivity contribution in [2.75, 3.05) is 42.6 Å². The van der Waals surface area contributed by atoms with Crippen LogP contribution in [0.3, 0.4) is 0 Å². The van der Waals surface area contributed by atoms with Gasteiger partial charge in [0.25, 0.3) is 5.91 Å². The van der Waals surface area contributed by atoms with Crippen LogP contribution in [0.15, 0.2) is 79.9 Å². The van der Waals surface area contributed by atoms with Crippen molar-refractivity contribution in [2.24, 2.45) is 17.8 Å². The smallest absolute Gasteiger partial charge is 0.306 e. The number of fused-ring (bicyclic) bond motifs is 1. The van der Waals surface area contributed by atoms with Gasteiger partial charge in [0.05, 0.1) is 36.6 Å². The largest absolute Gasteiger partial charge is 0.463 e. The summed E-state index contributed by atoms with van der Waals surface area (Å²) in [6.45, 7) is 17.1. The molecule has 3 fully saturated rings. The number of allylic oxidation sites excluding steroid dienone is 1. The lowest BCUT2D eigenvalue weighted by atomic mass is 9.70. The zero-order chi connectivity index (χ0) is 38.3. The molecule has 11 nitrogen and oxygen atoms in total. The molecular formula is C42H56N4O7. The SMILES string of the molecule is C=CCCC(=O)OC[C@@H](NC(=O)[C@@H]1[C@@H]2CC[C@]3(O2)[C@H](C(=O)N(CC=C)c2ccc(N(CC)CC)cc2)N([C@@H](CO)[C@@H](C)CC)C(=O)[C@@H]13)c1ccccc1. The van der Waals surface area contributed by atoms with E-state index in [4.69, 9.17) is 9.47 Å². The molecule has 0 aromatic heterocycles. The Kier molecular flexibility index (Phi) is 13.2. The van der Waals surface area contributed by atoms with Crippen LogP contribution in [-0.2, 0) is 28.7 Å². The number of nitrogens with zero attached hydrogens (tertiary/aromatic N) is 3. The average molecular weight is 729 g/mol. The number of anilines is 2. The first-order chi connectivity index (χ1) is 25.6. The highest BCUT2D eigenvalue weighted by Crippen LogP contribution is 2.59. The molecule has 2 aromatic rings. The van der Waals surface area contributed by atoms with Gasteiger partial charge in [0.1, 0.15) is 18.2 Å². The van der Waals surface area contributed by atoms with Crippen molar-refractivity contribution >= 4 is 35.1 Å². The lowest BCUT2D eigenvalue weighted by molar-refractivity contribution is -0.147. The summed E-state index contributed by atoms with van der Waals surface area (Å²) in [6.07, 6.45) is 4.91. The Morgan fingerprint density at radius 1 is 1.06 bits per heavy atom. The van der Waals surface area contributed by atoms with E-state index in [2.05, 4.69) is 37.2 Å². The predicted octanol–water partition coefficient (Wildman–Crippen LogP) is 5.20. The monoisotopic (exact) mass is 728 g/mol. The zero-order valence-corrected chi connectivity index (χ0v) is 31.6. The molecule has 1 spiro atoms. The van der Waals surface area contributed by atoms with Gasteiger partial charge in [-0.2, -0.15) is 0 Å². The van der Waals surface area contributed by atoms with E-state index >= 15 is 4.79 Å². The van der Waals surface area contributed by atoms with Crippen molar-refractivity contribution in [2.45, 2.75) is 89.6 Å². The maximum absolute atomic E-state index is 15.1. The molecule has 286 valence electrons. The fourth-order valence-corrected chi connectivity index (χ4v) is 8.52. The first kappa shape index (κ1) is 39.7. The summed E-state index contributed by atoms with van der Waals surface area (Å²) in [5.74, 6) is -3.50. The number of likely N-dealkylation sites (tertiary alicyclic amines) is 1. The highest BCUT2D eigenvalue weighted by molar-refractivity contribution is 6.05. The van der Waals surface area contributed by atoms with E-state index in [1.54, 1.807) is 22.0 Å². The van der Waals surface area contributed by atoms with Crippen molar-refractivity contribution in [1.82, 2.24) is 10.2 Å². The molecule has 2 N–H and O–H groups in total. The Labute approximate surface area is 314 Å². The Bertz CT molecular complexity index is 1610. The third kappa shape index (κ3) is 7.78. The number of esters is 1. The number of ether oxygens (including phenoxy) is 2. The summed E-state index contributed by atoms with van der Waals surface area (Å²) in [7, 11) is 0. The number of amides is 3. The summed E-state index contributed by atoms with van der Waals surface area (Å²) in [6, 6.07) is 14.6. The molecule has 2 bridgehead atoms. The Morgan fingerprint density at radius 2 is 1.74 bits per heavy atom. The molecule has 8 atom stereocenters. The molecular weight excluding hydrogens is 672 g/mol. The highest BCUT2D eigenvalue weighted by Gasteiger charge is 2.75. The quantitative estimate of drug-likeness (QED) is 0.149. The van der Waals surface area contributed by atoms with Crippen LogP contribution < -0.4 is 15.1 Å². The summed E-state index contributed by atoms with van der Waals surface area (Å²) < 4.78 is 12.3. The minimum atomic E-state index is -1.28. The molecule has 5 rings (SSSR count). The number of benzene rings is 2. The van der Waals surface area contributed by atoms with E-state index in [-0.39, 0.29) is 43.9 Å². The second-order valence-electron chi connectivity index (χ2n) is 14.3. The topological polar surface area (TPSA) is 129 Å². The van der Waals surface area contributed by atoms with Crippen molar-refractivity contribution in [3.05, 3.63) is 85.5 Å². The number of hydrogen-bond acceptors (Lipinski definition) is 8. The molecule has 3 saturated heterocycles. The van der Waals surface area contributed by atoms with Crippen LogP contribution in [-0.4, -0.2) is 90.3 Å². The Hall–Kier alpha value is -4.48. The van der Waals surface area contributed by atoms with Gasteiger partial charge in [-0.15, -0.1) is 13.2 Å². The van der Waals surface area contributed by atoms with Gasteiger partial charge in [0.2, 0.25) is 11.8 Å². The zero-order valence-electron chi connectivity index (χ0n) is 31.6. The molecule has 2 aromatic carbocycles. The van der Waals surface area contributed by atoms with Gasteiger partial charge in [-0.1, -0.05) is 62.8 Å². The normalized spacial score (nSPS) is 24.5. The summed E-state index contributed by atoms with van der Waals surface area (Å²) in [4.78, 5) is 62.3. The molecule has 3 aliphatic heterocycles. The number of rotatable bonds is 19. The summed E-state index contributed by atoms with van der Waals surface area (Å²) >= 11 is 0. The van der Waals surface area contributed by atoms with Crippen LogP contribution in [0.5, 0.6) is 0 Å².